The molecule has 5 nitrogen and oxygen atoms in total. The number of aliphatic hydroxyl groups is 1. The Morgan fingerprint density at radius 2 is 2.11 bits per heavy atom. The van der Waals surface area contributed by atoms with Gasteiger partial charge in [0.15, 0.2) is 11.5 Å². The third kappa shape index (κ3) is 2.09. The van der Waals surface area contributed by atoms with Gasteiger partial charge in [0.25, 0.3) is 0 Å². The molecular weight excluding hydrogens is 302 g/mol. The number of rotatable bonds is 4. The van der Waals surface area contributed by atoms with E-state index in [0.29, 0.717) is 33.0 Å². The molecule has 2 aromatic rings. The van der Waals surface area contributed by atoms with Gasteiger partial charge in [-0.1, -0.05) is 11.2 Å². The Hall–Kier alpha value is -1.53. The fourth-order valence-electron chi connectivity index (χ4n) is 1.71. The van der Waals surface area contributed by atoms with Gasteiger partial charge in [-0.05, 0) is 28.1 Å². The van der Waals surface area contributed by atoms with Crippen LogP contribution in [-0.2, 0) is 6.61 Å². The summed E-state index contributed by atoms with van der Waals surface area (Å²) in [6.45, 7) is -0.181. The van der Waals surface area contributed by atoms with Crippen LogP contribution in [0.2, 0.25) is 0 Å². The Labute approximate surface area is 112 Å². The number of aliphatic hydroxyl groups excluding tert-OH is 1. The number of hydrogen-bond donors (Lipinski definition) is 1. The number of nitrogens with zero attached hydrogens (tertiary/aromatic N) is 1. The van der Waals surface area contributed by atoms with Crippen LogP contribution in [0.15, 0.2) is 27.4 Å². The summed E-state index contributed by atoms with van der Waals surface area (Å²) < 4.78 is 16.0. The summed E-state index contributed by atoms with van der Waals surface area (Å²) in [5.74, 6) is 1.15. The van der Waals surface area contributed by atoms with Crippen LogP contribution in [0.4, 0.5) is 0 Å². The van der Waals surface area contributed by atoms with Crippen LogP contribution in [0.3, 0.4) is 0 Å². The Morgan fingerprint density at radius 1 is 1.33 bits per heavy atom. The number of aromatic nitrogens is 1. The standard InChI is InChI=1S/C12H12BrNO4/c1-16-9-5-3-4-7(11(9)17-2)10-8(6-15)12(13)18-14-10/h3-5,15H,6H2,1-2H3. The molecule has 0 bridgehead atoms. The van der Waals surface area contributed by atoms with Crippen molar-refractivity contribution >= 4 is 15.9 Å². The summed E-state index contributed by atoms with van der Waals surface area (Å²) in [6, 6.07) is 5.43. The molecule has 2 rings (SSSR count). The summed E-state index contributed by atoms with van der Waals surface area (Å²) in [4.78, 5) is 0. The van der Waals surface area contributed by atoms with Gasteiger partial charge in [0, 0.05) is 0 Å². The van der Waals surface area contributed by atoms with E-state index in [9.17, 15) is 5.11 Å². The third-order valence-corrected chi connectivity index (χ3v) is 3.18. The Morgan fingerprint density at radius 3 is 2.72 bits per heavy atom. The van der Waals surface area contributed by atoms with E-state index in [1.54, 1.807) is 20.3 Å². The van der Waals surface area contributed by atoms with Gasteiger partial charge >= 0.3 is 0 Å². The molecule has 0 aliphatic heterocycles. The molecule has 1 aromatic carbocycles. The zero-order valence-electron chi connectivity index (χ0n) is 9.94. The van der Waals surface area contributed by atoms with Crippen LogP contribution >= 0.6 is 15.9 Å². The first-order valence-electron chi connectivity index (χ1n) is 5.19. The molecule has 1 aromatic heterocycles. The summed E-state index contributed by atoms with van der Waals surface area (Å²) in [7, 11) is 3.11. The molecule has 0 aliphatic rings. The van der Waals surface area contributed by atoms with Gasteiger partial charge in [0.05, 0.1) is 32.0 Å². The minimum Gasteiger partial charge on any atom is -0.493 e. The molecule has 0 saturated carbocycles. The van der Waals surface area contributed by atoms with E-state index >= 15 is 0 Å². The molecule has 18 heavy (non-hydrogen) atoms. The van der Waals surface area contributed by atoms with Crippen molar-refractivity contribution in [2.45, 2.75) is 6.61 Å². The van der Waals surface area contributed by atoms with Crippen LogP contribution in [-0.4, -0.2) is 24.5 Å². The lowest BCUT2D eigenvalue weighted by Gasteiger charge is -2.11. The molecule has 0 fully saturated rings. The second-order valence-corrected chi connectivity index (χ2v) is 4.20. The average molecular weight is 314 g/mol. The minimum atomic E-state index is -0.181. The lowest BCUT2D eigenvalue weighted by molar-refractivity contribution is 0.278. The van der Waals surface area contributed by atoms with E-state index in [-0.39, 0.29) is 6.61 Å². The van der Waals surface area contributed by atoms with Crippen molar-refractivity contribution in [2.75, 3.05) is 14.2 Å². The fourth-order valence-corrected chi connectivity index (χ4v) is 2.10. The van der Waals surface area contributed by atoms with Crippen molar-refractivity contribution in [3.05, 3.63) is 28.4 Å². The summed E-state index contributed by atoms with van der Waals surface area (Å²) in [6.07, 6.45) is 0. The average Bonchev–Trinajstić information content (AvgIpc) is 2.78. The van der Waals surface area contributed by atoms with Crippen LogP contribution in [0.25, 0.3) is 11.3 Å². The normalized spacial score (nSPS) is 10.4. The molecule has 6 heteroatoms. The van der Waals surface area contributed by atoms with E-state index < -0.39 is 0 Å². The first kappa shape index (κ1) is 12.9. The van der Waals surface area contributed by atoms with Crippen molar-refractivity contribution in [3.8, 4) is 22.8 Å². The molecule has 0 amide bonds. The van der Waals surface area contributed by atoms with Gasteiger partial charge in [0.1, 0.15) is 5.69 Å². The van der Waals surface area contributed by atoms with E-state index in [1.165, 1.54) is 0 Å². The highest BCUT2D eigenvalue weighted by Gasteiger charge is 2.20. The van der Waals surface area contributed by atoms with E-state index in [0.717, 1.165) is 0 Å². The topological polar surface area (TPSA) is 64.7 Å². The number of para-hydroxylation sites is 1. The predicted molar refractivity (Wildman–Crippen MR) is 68.7 cm³/mol. The zero-order chi connectivity index (χ0) is 13.1. The third-order valence-electron chi connectivity index (χ3n) is 2.56. The van der Waals surface area contributed by atoms with Crippen LogP contribution in [0.1, 0.15) is 5.56 Å². The number of halogens is 1. The van der Waals surface area contributed by atoms with Crippen LogP contribution in [0, 0.1) is 0 Å². The number of methoxy groups -OCH3 is 2. The second kappa shape index (κ2) is 5.41. The number of ether oxygens (including phenoxy) is 2. The summed E-state index contributed by atoms with van der Waals surface area (Å²) >= 11 is 3.20. The number of benzene rings is 1. The van der Waals surface area contributed by atoms with Gasteiger partial charge in [-0.2, -0.15) is 0 Å². The van der Waals surface area contributed by atoms with Crippen LogP contribution < -0.4 is 9.47 Å². The lowest BCUT2D eigenvalue weighted by atomic mass is 10.1. The molecular formula is C12H12BrNO4. The minimum absolute atomic E-state index is 0.181. The Bertz CT molecular complexity index is 553. The van der Waals surface area contributed by atoms with E-state index in [2.05, 4.69) is 21.1 Å². The fraction of sp³-hybridized carbons (Fsp3) is 0.250. The van der Waals surface area contributed by atoms with Crippen molar-refractivity contribution in [2.24, 2.45) is 0 Å². The lowest BCUT2D eigenvalue weighted by Crippen LogP contribution is -1.95. The van der Waals surface area contributed by atoms with Gasteiger partial charge < -0.3 is 19.1 Å². The van der Waals surface area contributed by atoms with E-state index in [1.807, 2.05) is 12.1 Å². The maximum absolute atomic E-state index is 9.34. The maximum Gasteiger partial charge on any atom is 0.208 e. The van der Waals surface area contributed by atoms with Gasteiger partial charge in [-0.15, -0.1) is 0 Å². The first-order valence-corrected chi connectivity index (χ1v) is 5.98. The molecule has 1 N–H and O–H groups in total. The number of hydrogen-bond acceptors (Lipinski definition) is 5. The van der Waals surface area contributed by atoms with Crippen molar-refractivity contribution in [1.82, 2.24) is 5.16 Å². The Kier molecular flexibility index (Phi) is 3.88. The summed E-state index contributed by atoms with van der Waals surface area (Å²) in [5, 5.41) is 13.3. The van der Waals surface area contributed by atoms with Crippen LogP contribution in [0.5, 0.6) is 11.5 Å². The van der Waals surface area contributed by atoms with E-state index in [4.69, 9.17) is 14.0 Å². The molecule has 0 aliphatic carbocycles. The highest BCUT2D eigenvalue weighted by Crippen LogP contribution is 2.40. The zero-order valence-corrected chi connectivity index (χ0v) is 11.5. The second-order valence-electron chi connectivity index (χ2n) is 3.48. The van der Waals surface area contributed by atoms with Crippen molar-refractivity contribution in [1.29, 1.82) is 0 Å². The molecule has 96 valence electrons. The molecule has 0 saturated heterocycles. The predicted octanol–water partition coefficient (Wildman–Crippen LogP) is 2.61. The van der Waals surface area contributed by atoms with Crippen molar-refractivity contribution in [3.63, 3.8) is 0 Å². The Balaban J connectivity index is 2.63. The van der Waals surface area contributed by atoms with Crippen molar-refractivity contribution < 1.29 is 19.1 Å². The highest BCUT2D eigenvalue weighted by atomic mass is 79.9. The van der Waals surface area contributed by atoms with Gasteiger partial charge in [0.2, 0.25) is 4.67 Å². The smallest absolute Gasteiger partial charge is 0.208 e. The largest absolute Gasteiger partial charge is 0.493 e. The highest BCUT2D eigenvalue weighted by molar-refractivity contribution is 9.10. The van der Waals surface area contributed by atoms with Gasteiger partial charge in [-0.25, -0.2) is 0 Å². The quantitative estimate of drug-likeness (QED) is 0.940. The maximum atomic E-state index is 9.34. The molecule has 1 heterocycles. The molecule has 0 atom stereocenters. The first-order chi connectivity index (χ1) is 8.72. The summed E-state index contributed by atoms with van der Waals surface area (Å²) in [5.41, 5.74) is 1.80. The molecule has 0 spiro atoms. The van der Waals surface area contributed by atoms with Gasteiger partial charge in [-0.3, -0.25) is 0 Å². The monoisotopic (exact) mass is 313 g/mol. The SMILES string of the molecule is COc1cccc(-c2noc(Br)c2CO)c1OC. The molecule has 0 unspecified atom stereocenters. The molecule has 0 radical (unpaired) electrons.